The van der Waals surface area contributed by atoms with Gasteiger partial charge in [0, 0.05) is 29.5 Å². The first-order valence-corrected chi connectivity index (χ1v) is 7.38. The number of hydrogen-bond donors (Lipinski definition) is 0. The lowest BCUT2D eigenvalue weighted by Gasteiger charge is -2.01. The molecule has 0 unspecified atom stereocenters. The van der Waals surface area contributed by atoms with Crippen LogP contribution in [0.2, 0.25) is 0 Å². The molecule has 0 fully saturated rings. The Hall–Kier alpha value is -1.93. The number of rotatable bonds is 2. The van der Waals surface area contributed by atoms with Gasteiger partial charge in [-0.25, -0.2) is 0 Å². The van der Waals surface area contributed by atoms with E-state index in [9.17, 15) is 0 Å². The fraction of sp³-hybridized carbons (Fsp3) is 0.167. The van der Waals surface area contributed by atoms with E-state index in [2.05, 4.69) is 0 Å². The van der Waals surface area contributed by atoms with Gasteiger partial charge in [-0.3, -0.25) is 0 Å². The van der Waals surface area contributed by atoms with Crippen molar-refractivity contribution >= 4 is 11.3 Å². The predicted octanol–water partition coefficient (Wildman–Crippen LogP) is 4.62. The first-order valence-electron chi connectivity index (χ1n) is 8.07. The van der Waals surface area contributed by atoms with E-state index in [0.717, 1.165) is 27.4 Å². The number of benzene rings is 2. The van der Waals surface area contributed by atoms with Crippen LogP contribution in [-0.2, 0) is 0 Å². The zero-order chi connectivity index (χ0) is 16.6. The van der Waals surface area contributed by atoms with Crippen molar-refractivity contribution in [2.24, 2.45) is 0 Å². The normalized spacial score (nSPS) is 13.6. The minimum atomic E-state index is -2.15. The monoisotopic (exact) mass is 283 g/mol. The number of para-hydroxylation sites is 1. The van der Waals surface area contributed by atoms with Gasteiger partial charge >= 0.3 is 0 Å². The molecule has 0 N–H and O–H groups in total. The van der Waals surface area contributed by atoms with Gasteiger partial charge in [-0.15, -0.1) is 0 Å². The number of aromatic nitrogens is 1. The van der Waals surface area contributed by atoms with Crippen molar-refractivity contribution in [1.29, 1.82) is 0 Å². The number of nitrogens with zero attached hydrogens (tertiary/aromatic N) is 1. The van der Waals surface area contributed by atoms with Gasteiger partial charge in [-0.05, 0) is 12.5 Å². The fourth-order valence-electron chi connectivity index (χ4n) is 2.43. The van der Waals surface area contributed by atoms with Crippen LogP contribution >= 0.6 is 11.3 Å². The summed E-state index contributed by atoms with van der Waals surface area (Å²) >= 11 is 1.35. The second-order valence-electron chi connectivity index (χ2n) is 4.81. The first-order chi connectivity index (χ1) is 10.9. The summed E-state index contributed by atoms with van der Waals surface area (Å²) < 4.78 is 25.7. The molecule has 20 heavy (non-hydrogen) atoms. The van der Waals surface area contributed by atoms with Crippen molar-refractivity contribution < 1.29 is 8.68 Å². The van der Waals surface area contributed by atoms with Crippen LogP contribution in [0.25, 0.3) is 16.1 Å². The Morgan fingerprint density at radius 1 is 0.950 bits per heavy atom. The lowest BCUT2D eigenvalue weighted by atomic mass is 10.1. The van der Waals surface area contributed by atoms with Crippen LogP contribution in [0, 0.1) is 20.7 Å². The molecule has 3 rings (SSSR count). The Morgan fingerprint density at radius 3 is 2.35 bits per heavy atom. The zero-order valence-corrected chi connectivity index (χ0v) is 12.4. The van der Waals surface area contributed by atoms with E-state index in [0.29, 0.717) is 5.01 Å². The Kier molecular flexibility index (Phi) is 2.58. The highest BCUT2D eigenvalue weighted by Gasteiger charge is 2.24. The Bertz CT molecular complexity index is 835. The smallest absolute Gasteiger partial charge is 0.151 e. The van der Waals surface area contributed by atoms with Gasteiger partial charge in [0.25, 0.3) is 0 Å². The van der Waals surface area contributed by atoms with Gasteiger partial charge in [-0.2, -0.15) is 4.57 Å². The van der Waals surface area contributed by atoms with Gasteiger partial charge in [0.05, 0.1) is 0 Å². The molecule has 3 aromatic rings. The fourth-order valence-corrected chi connectivity index (χ4v) is 3.44. The SMILES string of the molecule is [2H]C([2H])([2H])c1sc(-c2ccccc2)c(C)[n+]1-c1ccccc1C. The molecule has 0 saturated heterocycles. The molecule has 100 valence electrons. The third-order valence-corrected chi connectivity index (χ3v) is 4.57. The van der Waals surface area contributed by atoms with Crippen LogP contribution in [-0.4, -0.2) is 0 Å². The molecule has 0 aliphatic carbocycles. The van der Waals surface area contributed by atoms with Gasteiger partial charge in [0.15, 0.2) is 0 Å². The molecule has 1 heterocycles. The Morgan fingerprint density at radius 2 is 1.65 bits per heavy atom. The standard InChI is InChI=1S/C18H18NS/c1-13-9-7-8-12-17(13)19-14(2)18(20-15(19)3)16-10-5-4-6-11-16/h4-12H,1-3H3/q+1/i3D3. The highest BCUT2D eigenvalue weighted by Crippen LogP contribution is 2.29. The molecule has 2 aromatic carbocycles. The van der Waals surface area contributed by atoms with Crippen LogP contribution in [0.4, 0.5) is 0 Å². The quantitative estimate of drug-likeness (QED) is 0.604. The van der Waals surface area contributed by atoms with Crippen molar-refractivity contribution in [3.63, 3.8) is 0 Å². The second-order valence-corrected chi connectivity index (χ2v) is 5.81. The summed E-state index contributed by atoms with van der Waals surface area (Å²) in [6.45, 7) is 1.84. The average molecular weight is 283 g/mol. The Labute approximate surface area is 128 Å². The molecular weight excluding hydrogens is 262 g/mol. The maximum atomic E-state index is 7.93. The van der Waals surface area contributed by atoms with E-state index in [4.69, 9.17) is 4.11 Å². The van der Waals surface area contributed by atoms with E-state index in [1.165, 1.54) is 11.3 Å². The van der Waals surface area contributed by atoms with Crippen molar-refractivity contribution in [3.05, 3.63) is 70.9 Å². The third-order valence-electron chi connectivity index (χ3n) is 3.46. The maximum absolute atomic E-state index is 7.93. The molecule has 0 saturated carbocycles. The molecule has 1 aromatic heterocycles. The summed E-state index contributed by atoms with van der Waals surface area (Å²) in [6.07, 6.45) is 0. The minimum absolute atomic E-state index is 0.392. The molecule has 0 amide bonds. The predicted molar refractivity (Wildman–Crippen MR) is 85.5 cm³/mol. The lowest BCUT2D eigenvalue weighted by molar-refractivity contribution is -0.603. The van der Waals surface area contributed by atoms with E-state index in [1.807, 2.05) is 73.0 Å². The zero-order valence-electron chi connectivity index (χ0n) is 14.6. The van der Waals surface area contributed by atoms with Gasteiger partial charge in [0.1, 0.15) is 4.88 Å². The molecule has 0 radical (unpaired) electrons. The lowest BCUT2D eigenvalue weighted by Crippen LogP contribution is -2.35. The van der Waals surface area contributed by atoms with E-state index in [-0.39, 0.29) is 0 Å². The highest BCUT2D eigenvalue weighted by molar-refractivity contribution is 7.14. The topological polar surface area (TPSA) is 3.88 Å². The van der Waals surface area contributed by atoms with Gasteiger partial charge in [0.2, 0.25) is 16.4 Å². The largest absolute Gasteiger partial charge is 0.240 e. The van der Waals surface area contributed by atoms with Crippen molar-refractivity contribution in [3.8, 4) is 16.1 Å². The van der Waals surface area contributed by atoms with Crippen molar-refractivity contribution in [2.45, 2.75) is 20.7 Å². The van der Waals surface area contributed by atoms with Crippen LogP contribution in [0.1, 0.15) is 20.4 Å². The Balaban J connectivity index is 2.31. The molecule has 0 aliphatic rings. The van der Waals surface area contributed by atoms with Gasteiger partial charge in [-0.1, -0.05) is 59.9 Å². The average Bonchev–Trinajstić information content (AvgIpc) is 2.86. The van der Waals surface area contributed by atoms with Crippen molar-refractivity contribution in [2.75, 3.05) is 0 Å². The molecule has 0 aliphatic heterocycles. The van der Waals surface area contributed by atoms with Gasteiger partial charge < -0.3 is 0 Å². The number of thiazole rings is 1. The summed E-state index contributed by atoms with van der Waals surface area (Å²) in [7, 11) is 0. The third kappa shape index (κ3) is 2.16. The molecule has 0 bridgehead atoms. The van der Waals surface area contributed by atoms with E-state index in [1.54, 1.807) is 0 Å². The second kappa shape index (κ2) is 5.22. The molecule has 2 heteroatoms. The summed E-state index contributed by atoms with van der Waals surface area (Å²) in [4.78, 5) is 1.000. The number of hydrogen-bond acceptors (Lipinski definition) is 1. The molecule has 0 atom stereocenters. The van der Waals surface area contributed by atoms with Crippen LogP contribution in [0.5, 0.6) is 0 Å². The first kappa shape index (κ1) is 9.89. The molecular formula is C18H18NS+. The maximum Gasteiger partial charge on any atom is 0.240 e. The van der Waals surface area contributed by atoms with Crippen LogP contribution < -0.4 is 4.57 Å². The van der Waals surface area contributed by atoms with E-state index >= 15 is 0 Å². The molecule has 0 spiro atoms. The minimum Gasteiger partial charge on any atom is -0.151 e. The van der Waals surface area contributed by atoms with E-state index < -0.39 is 6.85 Å². The summed E-state index contributed by atoms with van der Waals surface area (Å²) in [5, 5.41) is 0.392. The number of aryl methyl sites for hydroxylation is 2. The summed E-state index contributed by atoms with van der Waals surface area (Å²) in [5.74, 6) is 0. The van der Waals surface area contributed by atoms with Crippen LogP contribution in [0.3, 0.4) is 0 Å². The van der Waals surface area contributed by atoms with Crippen molar-refractivity contribution in [1.82, 2.24) is 0 Å². The highest BCUT2D eigenvalue weighted by atomic mass is 32.1. The summed E-state index contributed by atoms with van der Waals surface area (Å²) in [5.41, 5.74) is 3.99. The van der Waals surface area contributed by atoms with Crippen LogP contribution in [0.15, 0.2) is 54.6 Å². The summed E-state index contributed by atoms with van der Waals surface area (Å²) in [6, 6.07) is 17.8. The molecule has 1 nitrogen and oxygen atoms in total.